The second-order valence-electron chi connectivity index (χ2n) is 15.0. The normalized spacial score (nSPS) is 33.2. The number of rotatable bonds is 19. The summed E-state index contributed by atoms with van der Waals surface area (Å²) in [7, 11) is 0. The monoisotopic (exact) mass is 847 g/mol. The number of ketones is 1. The van der Waals surface area contributed by atoms with Crippen LogP contribution in [0.1, 0.15) is 46.1 Å². The van der Waals surface area contributed by atoms with E-state index >= 15 is 0 Å². The largest absolute Gasteiger partial charge is 0.461 e. The molecule has 1 amide bonds. The van der Waals surface area contributed by atoms with Crippen molar-refractivity contribution < 1.29 is 97.9 Å². The van der Waals surface area contributed by atoms with Gasteiger partial charge in [0.15, 0.2) is 24.5 Å². The molecule has 10 unspecified atom stereocenters. The molecule has 21 heteroatoms. The van der Waals surface area contributed by atoms with E-state index in [2.05, 4.69) is 5.32 Å². The Hall–Kier alpha value is -3.26. The van der Waals surface area contributed by atoms with E-state index in [-0.39, 0.29) is 13.0 Å². The van der Waals surface area contributed by atoms with Crippen LogP contribution in [-0.2, 0) is 63.7 Å². The van der Waals surface area contributed by atoms with E-state index in [0.717, 1.165) is 6.92 Å². The number of aliphatic hydroxyl groups excluding tert-OH is 8. The molecule has 0 aliphatic carbocycles. The summed E-state index contributed by atoms with van der Waals surface area (Å²) < 4.78 is 45.1. The fourth-order valence-electron chi connectivity index (χ4n) is 6.81. The van der Waals surface area contributed by atoms with Gasteiger partial charge in [-0.1, -0.05) is 37.3 Å². The minimum Gasteiger partial charge on any atom is -0.461 e. The lowest BCUT2D eigenvalue weighted by Crippen LogP contribution is -2.67. The third-order valence-electron chi connectivity index (χ3n) is 9.96. The molecule has 3 saturated heterocycles. The highest BCUT2D eigenvalue weighted by Crippen LogP contribution is 2.32. The molecule has 334 valence electrons. The van der Waals surface area contributed by atoms with Crippen molar-refractivity contribution in [1.82, 2.24) is 5.32 Å². The van der Waals surface area contributed by atoms with Crippen molar-refractivity contribution in [2.24, 2.45) is 11.8 Å². The van der Waals surface area contributed by atoms with Crippen LogP contribution in [0.5, 0.6) is 0 Å². The van der Waals surface area contributed by atoms with Crippen LogP contribution in [0, 0.1) is 11.8 Å². The SMILES string of the molecule is CC(=O)NC1C(O)[C@H](O[C@@H]2OC(=O)CC(OC(C)C)C2O)C(CO)O[C@H]1OC1C(=O)C(C)CO[C@@H](O[C@H](C(CO)CO)C(O)C(O)CC(=O)OCc2ccccc2)C1O. The number of Topliss-reactive ketones (excluding diaryl/α,β-unsaturated/α-hetero) is 1. The van der Waals surface area contributed by atoms with Gasteiger partial charge in [-0.05, 0) is 19.4 Å². The summed E-state index contributed by atoms with van der Waals surface area (Å²) >= 11 is 0. The first kappa shape index (κ1) is 48.4. The zero-order valence-electron chi connectivity index (χ0n) is 33.1. The predicted octanol–water partition coefficient (Wildman–Crippen LogP) is -3.47. The molecular weight excluding hydrogens is 790 g/mol. The van der Waals surface area contributed by atoms with Gasteiger partial charge in [-0.25, -0.2) is 0 Å². The number of carbonyl (C=O) groups excluding carboxylic acids is 4. The molecule has 0 saturated carbocycles. The smallest absolute Gasteiger partial charge is 0.310 e. The molecule has 4 rings (SSSR count). The average molecular weight is 848 g/mol. The number of esters is 2. The molecule has 9 N–H and O–H groups in total. The first-order chi connectivity index (χ1) is 28.0. The summed E-state index contributed by atoms with van der Waals surface area (Å²) in [6.45, 7) is 2.83. The number of amides is 1. The number of carbonyl (C=O) groups is 4. The van der Waals surface area contributed by atoms with Crippen LogP contribution in [0.2, 0.25) is 0 Å². The summed E-state index contributed by atoms with van der Waals surface area (Å²) in [4.78, 5) is 51.0. The third-order valence-corrected chi connectivity index (χ3v) is 9.96. The second-order valence-corrected chi connectivity index (χ2v) is 15.0. The van der Waals surface area contributed by atoms with Crippen LogP contribution in [0.3, 0.4) is 0 Å². The Balaban J connectivity index is 1.53. The molecule has 0 aromatic heterocycles. The van der Waals surface area contributed by atoms with Gasteiger partial charge >= 0.3 is 11.9 Å². The first-order valence-electron chi connectivity index (χ1n) is 19.3. The number of benzene rings is 1. The number of nitrogens with one attached hydrogen (secondary N) is 1. The molecular formula is C38H57NO20. The fraction of sp³-hybridized carbons (Fsp3) is 0.737. The van der Waals surface area contributed by atoms with Crippen LogP contribution in [0.15, 0.2) is 30.3 Å². The van der Waals surface area contributed by atoms with Crippen LogP contribution < -0.4 is 5.32 Å². The highest BCUT2D eigenvalue weighted by atomic mass is 16.8. The average Bonchev–Trinajstić information content (AvgIpc) is 3.29. The maximum absolute atomic E-state index is 13.7. The van der Waals surface area contributed by atoms with Crippen molar-refractivity contribution in [2.75, 3.05) is 26.4 Å². The molecule has 3 fully saturated rings. The van der Waals surface area contributed by atoms with Crippen LogP contribution in [0.4, 0.5) is 0 Å². The Morgan fingerprint density at radius 1 is 0.915 bits per heavy atom. The van der Waals surface area contributed by atoms with E-state index in [1.165, 1.54) is 6.92 Å². The Labute approximate surface area is 340 Å². The lowest BCUT2D eigenvalue weighted by molar-refractivity contribution is -0.330. The van der Waals surface area contributed by atoms with E-state index in [1.807, 2.05) is 0 Å². The highest BCUT2D eigenvalue weighted by Gasteiger charge is 2.53. The second kappa shape index (κ2) is 22.5. The summed E-state index contributed by atoms with van der Waals surface area (Å²) in [5, 5.41) is 88.9. The Bertz CT molecular complexity index is 1500. The van der Waals surface area contributed by atoms with Gasteiger partial charge in [-0.15, -0.1) is 0 Å². The molecule has 3 heterocycles. The van der Waals surface area contributed by atoms with E-state index in [1.54, 1.807) is 44.2 Å². The van der Waals surface area contributed by atoms with Gasteiger partial charge in [0.25, 0.3) is 0 Å². The molecule has 15 atom stereocenters. The Kier molecular flexibility index (Phi) is 18.5. The van der Waals surface area contributed by atoms with E-state index in [9.17, 15) is 60.0 Å². The molecule has 1 aromatic carbocycles. The molecule has 0 radical (unpaired) electrons. The molecule has 3 aliphatic rings. The van der Waals surface area contributed by atoms with Crippen LogP contribution >= 0.6 is 0 Å². The fourth-order valence-corrected chi connectivity index (χ4v) is 6.81. The summed E-state index contributed by atoms with van der Waals surface area (Å²) in [6, 6.07) is 7.04. The standard InChI is InChI=1S/C38H57NO20/c1-17(2)54-23-11-26(46)56-38(30(23)49)58-34-24(14-42)55-36(27(31(34)50)39-19(4)43)59-35-28(47)18(3)15-53-37(32(35)51)57-33(21(12-40)13-41)29(48)22(44)10-25(45)52-16-20-8-6-5-7-9-20/h5-9,17-18,21-24,27,29-38,40-42,44,48-51H,10-16H2,1-4H3,(H,39,43)/t18?,22?,23?,24?,27?,29?,30?,31?,32?,33-,34-,35?,36+,37+,38+/m1/s1. The van der Waals surface area contributed by atoms with E-state index in [4.69, 9.17) is 37.9 Å². The number of ether oxygens (including phenoxy) is 8. The Morgan fingerprint density at radius 3 is 2.20 bits per heavy atom. The number of hydrogen-bond donors (Lipinski definition) is 9. The van der Waals surface area contributed by atoms with Gasteiger partial charge < -0.3 is 84.1 Å². The van der Waals surface area contributed by atoms with Crippen molar-refractivity contribution >= 4 is 23.6 Å². The Morgan fingerprint density at radius 2 is 1.59 bits per heavy atom. The summed E-state index contributed by atoms with van der Waals surface area (Å²) in [6.07, 6.45) is -24.1. The number of hydrogen-bond acceptors (Lipinski definition) is 20. The van der Waals surface area contributed by atoms with Gasteiger partial charge in [-0.2, -0.15) is 0 Å². The minimum atomic E-state index is -2.09. The van der Waals surface area contributed by atoms with E-state index in [0.29, 0.717) is 5.56 Å². The topological polar surface area (TPSA) is 316 Å². The summed E-state index contributed by atoms with van der Waals surface area (Å²) in [5.74, 6) is -5.55. The molecule has 1 aromatic rings. The van der Waals surface area contributed by atoms with Crippen molar-refractivity contribution in [3.05, 3.63) is 35.9 Å². The first-order valence-corrected chi connectivity index (χ1v) is 19.3. The lowest BCUT2D eigenvalue weighted by Gasteiger charge is -2.46. The van der Waals surface area contributed by atoms with E-state index < -0.39 is 160 Å². The van der Waals surface area contributed by atoms with Crippen LogP contribution in [-0.4, -0.2) is 183 Å². The minimum absolute atomic E-state index is 0.126. The van der Waals surface area contributed by atoms with Crippen molar-refractivity contribution in [3.8, 4) is 0 Å². The maximum atomic E-state index is 13.7. The molecule has 59 heavy (non-hydrogen) atoms. The summed E-state index contributed by atoms with van der Waals surface area (Å²) in [5.41, 5.74) is 0.659. The van der Waals surface area contributed by atoms with Gasteiger partial charge in [-0.3, -0.25) is 19.2 Å². The van der Waals surface area contributed by atoms with Crippen molar-refractivity contribution in [2.45, 2.75) is 139 Å². The van der Waals surface area contributed by atoms with Gasteiger partial charge in [0.1, 0.15) is 55.4 Å². The molecule has 0 spiro atoms. The lowest BCUT2D eigenvalue weighted by atomic mass is 9.94. The maximum Gasteiger partial charge on any atom is 0.310 e. The van der Waals surface area contributed by atoms with Crippen molar-refractivity contribution in [1.29, 1.82) is 0 Å². The molecule has 21 nitrogen and oxygen atoms in total. The van der Waals surface area contributed by atoms with Gasteiger partial charge in [0, 0.05) is 18.8 Å². The highest BCUT2D eigenvalue weighted by molar-refractivity contribution is 5.86. The molecule has 3 aliphatic heterocycles. The van der Waals surface area contributed by atoms with Crippen LogP contribution in [0.25, 0.3) is 0 Å². The number of cyclic esters (lactones) is 1. The zero-order chi connectivity index (χ0) is 43.6. The predicted molar refractivity (Wildman–Crippen MR) is 195 cm³/mol. The number of aliphatic hydroxyl groups is 8. The third kappa shape index (κ3) is 12.9. The molecule has 0 bridgehead atoms. The van der Waals surface area contributed by atoms with Gasteiger partial charge in [0.05, 0.1) is 57.6 Å². The quantitative estimate of drug-likeness (QED) is 0.0611. The van der Waals surface area contributed by atoms with Gasteiger partial charge in [0.2, 0.25) is 12.2 Å². The zero-order valence-corrected chi connectivity index (χ0v) is 33.1. The van der Waals surface area contributed by atoms with Crippen molar-refractivity contribution in [3.63, 3.8) is 0 Å².